The van der Waals surface area contributed by atoms with E-state index in [2.05, 4.69) is 13.8 Å². The molecule has 0 aromatic heterocycles. The molecule has 100 valence electrons. The summed E-state index contributed by atoms with van der Waals surface area (Å²) in [6.45, 7) is 7.52. The molecule has 0 spiro atoms. The van der Waals surface area contributed by atoms with Crippen molar-refractivity contribution in [3.05, 3.63) is 29.8 Å². The van der Waals surface area contributed by atoms with Crippen LogP contribution in [-0.2, 0) is 11.3 Å². The standard InChI is InChI=1S/C15H24N2O/c1-4-17(15(18)10-5-12(2)3)14-8-6-13(11-16)7-9-14/h6-9,12H,4-5,10-11,16H2,1-3H3. The fraction of sp³-hybridized carbons (Fsp3) is 0.533. The molecule has 0 unspecified atom stereocenters. The molecule has 0 saturated carbocycles. The van der Waals surface area contributed by atoms with E-state index < -0.39 is 0 Å². The second kappa shape index (κ2) is 7.17. The van der Waals surface area contributed by atoms with Gasteiger partial charge in [-0.05, 0) is 37.0 Å². The van der Waals surface area contributed by atoms with Crippen molar-refractivity contribution in [3.8, 4) is 0 Å². The maximum Gasteiger partial charge on any atom is 0.226 e. The van der Waals surface area contributed by atoms with Crippen molar-refractivity contribution in [1.29, 1.82) is 0 Å². The molecule has 0 saturated heterocycles. The maximum atomic E-state index is 12.1. The zero-order valence-corrected chi connectivity index (χ0v) is 11.6. The van der Waals surface area contributed by atoms with E-state index in [1.807, 2.05) is 36.1 Å². The third-order valence-corrected chi connectivity index (χ3v) is 3.04. The van der Waals surface area contributed by atoms with Gasteiger partial charge in [-0.25, -0.2) is 0 Å². The summed E-state index contributed by atoms with van der Waals surface area (Å²) < 4.78 is 0. The van der Waals surface area contributed by atoms with Crippen molar-refractivity contribution < 1.29 is 4.79 Å². The van der Waals surface area contributed by atoms with Crippen molar-refractivity contribution in [2.24, 2.45) is 11.7 Å². The first-order valence-electron chi connectivity index (χ1n) is 6.67. The lowest BCUT2D eigenvalue weighted by Crippen LogP contribution is -2.30. The Hall–Kier alpha value is -1.35. The zero-order chi connectivity index (χ0) is 13.5. The molecule has 1 rings (SSSR count). The summed E-state index contributed by atoms with van der Waals surface area (Å²) in [5, 5.41) is 0. The number of amides is 1. The summed E-state index contributed by atoms with van der Waals surface area (Å²) in [4.78, 5) is 14.0. The van der Waals surface area contributed by atoms with Gasteiger partial charge in [-0.1, -0.05) is 26.0 Å². The van der Waals surface area contributed by atoms with Crippen LogP contribution < -0.4 is 10.6 Å². The predicted molar refractivity (Wildman–Crippen MR) is 76.4 cm³/mol. The van der Waals surface area contributed by atoms with Gasteiger partial charge in [0.25, 0.3) is 0 Å². The largest absolute Gasteiger partial charge is 0.326 e. The number of carbonyl (C=O) groups is 1. The summed E-state index contributed by atoms with van der Waals surface area (Å²) in [6, 6.07) is 7.90. The lowest BCUT2D eigenvalue weighted by atomic mass is 10.1. The molecule has 0 aliphatic carbocycles. The van der Waals surface area contributed by atoms with Crippen LogP contribution in [0.25, 0.3) is 0 Å². The fourth-order valence-electron chi connectivity index (χ4n) is 1.86. The molecule has 0 aliphatic heterocycles. The maximum absolute atomic E-state index is 12.1. The summed E-state index contributed by atoms with van der Waals surface area (Å²) in [5.74, 6) is 0.763. The molecule has 18 heavy (non-hydrogen) atoms. The van der Waals surface area contributed by atoms with Gasteiger partial charge >= 0.3 is 0 Å². The third-order valence-electron chi connectivity index (χ3n) is 3.04. The van der Waals surface area contributed by atoms with E-state index in [0.717, 1.165) is 17.7 Å². The van der Waals surface area contributed by atoms with Gasteiger partial charge < -0.3 is 10.6 Å². The Bertz CT molecular complexity index is 371. The smallest absolute Gasteiger partial charge is 0.226 e. The molecule has 0 atom stereocenters. The number of nitrogens with two attached hydrogens (primary N) is 1. The Balaban J connectivity index is 2.72. The van der Waals surface area contributed by atoms with Gasteiger partial charge in [0.1, 0.15) is 0 Å². The summed E-state index contributed by atoms with van der Waals surface area (Å²) in [7, 11) is 0. The molecular weight excluding hydrogens is 224 g/mol. The van der Waals surface area contributed by atoms with Gasteiger partial charge in [-0.2, -0.15) is 0 Å². The molecule has 2 N–H and O–H groups in total. The number of anilines is 1. The van der Waals surface area contributed by atoms with Crippen molar-refractivity contribution in [3.63, 3.8) is 0 Å². The Labute approximate surface area is 110 Å². The van der Waals surface area contributed by atoms with Gasteiger partial charge in [0.05, 0.1) is 0 Å². The molecule has 0 radical (unpaired) electrons. The predicted octanol–water partition coefficient (Wildman–Crippen LogP) is 2.93. The van der Waals surface area contributed by atoms with Gasteiger partial charge in [0.15, 0.2) is 0 Å². The number of hydrogen-bond acceptors (Lipinski definition) is 2. The van der Waals surface area contributed by atoms with E-state index in [9.17, 15) is 4.79 Å². The molecule has 0 bridgehead atoms. The quantitative estimate of drug-likeness (QED) is 0.841. The monoisotopic (exact) mass is 248 g/mol. The molecule has 1 aromatic carbocycles. The molecule has 1 aromatic rings. The molecule has 1 amide bonds. The molecule has 0 fully saturated rings. The van der Waals surface area contributed by atoms with Crippen LogP contribution in [0, 0.1) is 5.92 Å². The second-order valence-corrected chi connectivity index (χ2v) is 4.94. The normalized spacial score (nSPS) is 10.7. The average Bonchev–Trinajstić information content (AvgIpc) is 2.38. The van der Waals surface area contributed by atoms with Crippen LogP contribution >= 0.6 is 0 Å². The van der Waals surface area contributed by atoms with E-state index in [4.69, 9.17) is 5.73 Å². The Kier molecular flexibility index (Phi) is 5.86. The van der Waals surface area contributed by atoms with Gasteiger partial charge in [-0.3, -0.25) is 4.79 Å². The first kappa shape index (κ1) is 14.7. The lowest BCUT2D eigenvalue weighted by molar-refractivity contribution is -0.118. The zero-order valence-electron chi connectivity index (χ0n) is 11.6. The third kappa shape index (κ3) is 4.15. The van der Waals surface area contributed by atoms with E-state index in [0.29, 0.717) is 25.4 Å². The summed E-state index contributed by atoms with van der Waals surface area (Å²) in [6.07, 6.45) is 1.56. The van der Waals surface area contributed by atoms with Gasteiger partial charge in [0.2, 0.25) is 5.91 Å². The number of hydrogen-bond donors (Lipinski definition) is 1. The van der Waals surface area contributed by atoms with Crippen molar-refractivity contribution in [1.82, 2.24) is 0 Å². The van der Waals surface area contributed by atoms with Gasteiger partial charge in [-0.15, -0.1) is 0 Å². The number of nitrogens with zero attached hydrogens (tertiary/aromatic N) is 1. The fourth-order valence-corrected chi connectivity index (χ4v) is 1.86. The molecule has 3 heteroatoms. The van der Waals surface area contributed by atoms with Crippen LogP contribution in [0.5, 0.6) is 0 Å². The van der Waals surface area contributed by atoms with Crippen LogP contribution in [0.15, 0.2) is 24.3 Å². The molecule has 0 heterocycles. The highest BCUT2D eigenvalue weighted by atomic mass is 16.2. The number of benzene rings is 1. The number of rotatable bonds is 6. The van der Waals surface area contributed by atoms with Crippen molar-refractivity contribution >= 4 is 11.6 Å². The lowest BCUT2D eigenvalue weighted by Gasteiger charge is -2.21. The summed E-state index contributed by atoms with van der Waals surface area (Å²) in [5.41, 5.74) is 7.62. The highest BCUT2D eigenvalue weighted by molar-refractivity contribution is 5.93. The van der Waals surface area contributed by atoms with Gasteiger partial charge in [0, 0.05) is 25.2 Å². The molecule has 0 aliphatic rings. The Morgan fingerprint density at radius 3 is 2.33 bits per heavy atom. The van der Waals surface area contributed by atoms with E-state index in [1.54, 1.807) is 0 Å². The first-order chi connectivity index (χ1) is 8.58. The minimum Gasteiger partial charge on any atom is -0.326 e. The average molecular weight is 248 g/mol. The topological polar surface area (TPSA) is 46.3 Å². The highest BCUT2D eigenvalue weighted by Crippen LogP contribution is 2.17. The molecule has 3 nitrogen and oxygen atoms in total. The second-order valence-electron chi connectivity index (χ2n) is 4.94. The van der Waals surface area contributed by atoms with E-state index in [-0.39, 0.29) is 5.91 Å². The van der Waals surface area contributed by atoms with Crippen LogP contribution in [0.3, 0.4) is 0 Å². The summed E-state index contributed by atoms with van der Waals surface area (Å²) >= 11 is 0. The Morgan fingerprint density at radius 1 is 1.28 bits per heavy atom. The minimum atomic E-state index is 0.201. The highest BCUT2D eigenvalue weighted by Gasteiger charge is 2.13. The van der Waals surface area contributed by atoms with Crippen LogP contribution in [-0.4, -0.2) is 12.5 Å². The van der Waals surface area contributed by atoms with E-state index >= 15 is 0 Å². The van der Waals surface area contributed by atoms with Crippen molar-refractivity contribution in [2.75, 3.05) is 11.4 Å². The Morgan fingerprint density at radius 2 is 1.89 bits per heavy atom. The van der Waals surface area contributed by atoms with E-state index in [1.165, 1.54) is 0 Å². The molecular formula is C15H24N2O. The first-order valence-corrected chi connectivity index (χ1v) is 6.67. The van der Waals surface area contributed by atoms with Crippen LogP contribution in [0.2, 0.25) is 0 Å². The van der Waals surface area contributed by atoms with Crippen LogP contribution in [0.4, 0.5) is 5.69 Å². The number of carbonyl (C=O) groups excluding carboxylic acids is 1. The SMILES string of the molecule is CCN(C(=O)CCC(C)C)c1ccc(CN)cc1. The minimum absolute atomic E-state index is 0.201. The van der Waals surface area contributed by atoms with Crippen LogP contribution in [0.1, 0.15) is 39.2 Å². The van der Waals surface area contributed by atoms with Crippen molar-refractivity contribution in [2.45, 2.75) is 40.2 Å².